The van der Waals surface area contributed by atoms with Crippen LogP contribution in [0.1, 0.15) is 13.3 Å². The van der Waals surface area contributed by atoms with Gasteiger partial charge >= 0.3 is 0 Å². The molecule has 3 aromatic rings. The Morgan fingerprint density at radius 1 is 1.16 bits per heavy atom. The summed E-state index contributed by atoms with van der Waals surface area (Å²) in [5, 5.41) is 1.01. The number of rotatable bonds is 2. The van der Waals surface area contributed by atoms with E-state index in [1.807, 2.05) is 29.2 Å². The van der Waals surface area contributed by atoms with Gasteiger partial charge in [0.1, 0.15) is 17.4 Å². The van der Waals surface area contributed by atoms with E-state index in [0.717, 1.165) is 60.5 Å². The fraction of sp³-hybridized carbons (Fsp3) is 0.421. The number of hydrogen-bond donors (Lipinski definition) is 0. The summed E-state index contributed by atoms with van der Waals surface area (Å²) in [5.41, 5.74) is 2.42. The predicted octanol–water partition coefficient (Wildman–Crippen LogP) is 2.68. The highest BCUT2D eigenvalue weighted by molar-refractivity contribution is 6.05. The average molecular weight is 336 g/mol. The van der Waals surface area contributed by atoms with Crippen LogP contribution in [0.25, 0.3) is 22.1 Å². The van der Waals surface area contributed by atoms with Crippen molar-refractivity contribution < 1.29 is 9.21 Å². The molecule has 0 bridgehead atoms. The van der Waals surface area contributed by atoms with Crippen LogP contribution in [-0.4, -0.2) is 47.0 Å². The van der Waals surface area contributed by atoms with E-state index in [-0.39, 0.29) is 5.92 Å². The number of carbonyl (C=O) groups is 1. The van der Waals surface area contributed by atoms with Gasteiger partial charge in [0, 0.05) is 37.5 Å². The number of para-hydroxylation sites is 1. The number of hydrogen-bond acceptors (Lipinski definition) is 5. The summed E-state index contributed by atoms with van der Waals surface area (Å²) in [4.78, 5) is 25.5. The van der Waals surface area contributed by atoms with E-state index in [4.69, 9.17) is 4.42 Å². The Labute approximate surface area is 145 Å². The molecule has 1 amide bonds. The molecule has 2 aliphatic rings. The number of aromatic nitrogens is 2. The van der Waals surface area contributed by atoms with Crippen molar-refractivity contribution in [3.8, 4) is 0 Å². The molecule has 3 heterocycles. The van der Waals surface area contributed by atoms with Gasteiger partial charge in [0.25, 0.3) is 0 Å². The number of fused-ring (bicyclic) bond motifs is 3. The molecule has 0 spiro atoms. The van der Waals surface area contributed by atoms with E-state index in [2.05, 4.69) is 21.8 Å². The lowest BCUT2D eigenvalue weighted by atomic mass is 10.2. The second-order valence-electron chi connectivity index (χ2n) is 7.11. The maximum Gasteiger partial charge on any atom is 0.226 e. The molecule has 2 atom stereocenters. The summed E-state index contributed by atoms with van der Waals surface area (Å²) >= 11 is 0. The van der Waals surface area contributed by atoms with Crippen LogP contribution in [0, 0.1) is 11.8 Å². The maximum absolute atomic E-state index is 12.4. The van der Waals surface area contributed by atoms with Crippen molar-refractivity contribution in [2.75, 3.05) is 31.1 Å². The first-order valence-corrected chi connectivity index (χ1v) is 8.88. The fourth-order valence-electron chi connectivity index (χ4n) is 3.78. The molecule has 1 aromatic carbocycles. The number of nitrogens with zero attached hydrogens (tertiary/aromatic N) is 4. The zero-order chi connectivity index (χ0) is 17.0. The number of anilines is 1. The first kappa shape index (κ1) is 14.7. The number of furan rings is 1. The SMILES string of the molecule is C[C@@H]1C[C@@H]1C(=O)N1CCN(c2ncnc3c2oc2ccccc23)CC1. The Morgan fingerprint density at radius 3 is 2.68 bits per heavy atom. The Balaban J connectivity index is 1.42. The average Bonchev–Trinajstić information content (AvgIpc) is 3.26. The van der Waals surface area contributed by atoms with Crippen LogP contribution in [0.3, 0.4) is 0 Å². The van der Waals surface area contributed by atoms with Crippen molar-refractivity contribution in [2.24, 2.45) is 11.8 Å². The van der Waals surface area contributed by atoms with Crippen LogP contribution in [0.5, 0.6) is 0 Å². The molecular formula is C19H20N4O2. The zero-order valence-corrected chi connectivity index (χ0v) is 14.2. The molecule has 0 N–H and O–H groups in total. The molecule has 5 rings (SSSR count). The van der Waals surface area contributed by atoms with Gasteiger partial charge in [-0.2, -0.15) is 0 Å². The van der Waals surface area contributed by atoms with Gasteiger partial charge in [-0.3, -0.25) is 4.79 Å². The smallest absolute Gasteiger partial charge is 0.226 e. The molecular weight excluding hydrogens is 316 g/mol. The van der Waals surface area contributed by atoms with Crippen LogP contribution >= 0.6 is 0 Å². The van der Waals surface area contributed by atoms with Crippen LogP contribution in [-0.2, 0) is 4.79 Å². The molecule has 128 valence electrons. The van der Waals surface area contributed by atoms with Gasteiger partial charge in [-0.15, -0.1) is 0 Å². The summed E-state index contributed by atoms with van der Waals surface area (Å²) in [6.07, 6.45) is 2.65. The highest BCUT2D eigenvalue weighted by atomic mass is 16.3. The van der Waals surface area contributed by atoms with E-state index in [9.17, 15) is 4.79 Å². The summed E-state index contributed by atoms with van der Waals surface area (Å²) < 4.78 is 6.03. The number of piperazine rings is 1. The largest absolute Gasteiger partial charge is 0.450 e. The minimum atomic E-state index is 0.257. The van der Waals surface area contributed by atoms with Gasteiger partial charge < -0.3 is 14.2 Å². The third-order valence-corrected chi connectivity index (χ3v) is 5.46. The Kier molecular flexibility index (Phi) is 3.20. The van der Waals surface area contributed by atoms with Crippen molar-refractivity contribution in [3.05, 3.63) is 30.6 Å². The first-order valence-electron chi connectivity index (χ1n) is 8.88. The summed E-state index contributed by atoms with van der Waals surface area (Å²) in [7, 11) is 0. The molecule has 25 heavy (non-hydrogen) atoms. The summed E-state index contributed by atoms with van der Waals surface area (Å²) in [6.45, 7) is 5.19. The van der Waals surface area contributed by atoms with Crippen molar-refractivity contribution in [2.45, 2.75) is 13.3 Å². The monoisotopic (exact) mass is 336 g/mol. The van der Waals surface area contributed by atoms with Gasteiger partial charge in [-0.25, -0.2) is 9.97 Å². The second kappa shape index (κ2) is 5.44. The predicted molar refractivity (Wildman–Crippen MR) is 95.4 cm³/mol. The van der Waals surface area contributed by atoms with Crippen LogP contribution in [0.2, 0.25) is 0 Å². The highest BCUT2D eigenvalue weighted by Gasteiger charge is 2.42. The summed E-state index contributed by atoms with van der Waals surface area (Å²) in [5.74, 6) is 1.96. The molecule has 0 radical (unpaired) electrons. The lowest BCUT2D eigenvalue weighted by molar-refractivity contribution is -0.133. The Hall–Kier alpha value is -2.63. The van der Waals surface area contributed by atoms with Gasteiger partial charge in [-0.1, -0.05) is 19.1 Å². The molecule has 1 aliphatic carbocycles. The minimum Gasteiger partial charge on any atom is -0.450 e. The molecule has 6 nitrogen and oxygen atoms in total. The van der Waals surface area contributed by atoms with Crippen molar-refractivity contribution >= 4 is 33.8 Å². The van der Waals surface area contributed by atoms with Gasteiger partial charge in [0.05, 0.1) is 0 Å². The standard InChI is InChI=1S/C19H20N4O2/c1-12-10-14(12)19(24)23-8-6-22(7-9-23)18-17-16(20-11-21-18)13-4-2-3-5-15(13)25-17/h2-5,11-12,14H,6-10H2,1H3/t12-,14+/m1/s1. The van der Waals surface area contributed by atoms with E-state index in [1.165, 1.54) is 0 Å². The van der Waals surface area contributed by atoms with Gasteiger partial charge in [0.2, 0.25) is 5.91 Å². The Morgan fingerprint density at radius 2 is 1.92 bits per heavy atom. The van der Waals surface area contributed by atoms with Crippen LogP contribution in [0.15, 0.2) is 35.0 Å². The molecule has 2 fully saturated rings. The third kappa shape index (κ3) is 2.35. The maximum atomic E-state index is 12.4. The number of amides is 1. The quantitative estimate of drug-likeness (QED) is 0.720. The van der Waals surface area contributed by atoms with Crippen LogP contribution in [0.4, 0.5) is 5.82 Å². The molecule has 2 aromatic heterocycles. The van der Waals surface area contributed by atoms with Crippen molar-refractivity contribution in [3.63, 3.8) is 0 Å². The van der Waals surface area contributed by atoms with Crippen LogP contribution < -0.4 is 4.90 Å². The van der Waals surface area contributed by atoms with Gasteiger partial charge in [0.15, 0.2) is 11.4 Å². The normalized spacial score (nSPS) is 23.4. The topological polar surface area (TPSA) is 62.5 Å². The lowest BCUT2D eigenvalue weighted by Crippen LogP contribution is -2.49. The Bertz CT molecular complexity index is 958. The summed E-state index contributed by atoms with van der Waals surface area (Å²) in [6, 6.07) is 7.92. The van der Waals surface area contributed by atoms with Gasteiger partial charge in [-0.05, 0) is 24.5 Å². The third-order valence-electron chi connectivity index (χ3n) is 5.46. The number of benzene rings is 1. The molecule has 1 saturated carbocycles. The van der Waals surface area contributed by atoms with E-state index in [0.29, 0.717) is 11.8 Å². The molecule has 1 saturated heterocycles. The van der Waals surface area contributed by atoms with E-state index < -0.39 is 0 Å². The zero-order valence-electron chi connectivity index (χ0n) is 14.2. The molecule has 6 heteroatoms. The second-order valence-corrected chi connectivity index (χ2v) is 7.11. The minimum absolute atomic E-state index is 0.257. The van der Waals surface area contributed by atoms with E-state index >= 15 is 0 Å². The van der Waals surface area contributed by atoms with E-state index in [1.54, 1.807) is 6.33 Å². The lowest BCUT2D eigenvalue weighted by Gasteiger charge is -2.35. The number of carbonyl (C=O) groups excluding carboxylic acids is 1. The first-order chi connectivity index (χ1) is 12.2. The van der Waals surface area contributed by atoms with Crippen molar-refractivity contribution in [1.29, 1.82) is 0 Å². The molecule has 0 unspecified atom stereocenters. The molecule has 1 aliphatic heterocycles. The van der Waals surface area contributed by atoms with Crippen molar-refractivity contribution in [1.82, 2.24) is 14.9 Å². The fourth-order valence-corrected chi connectivity index (χ4v) is 3.78. The highest BCUT2D eigenvalue weighted by Crippen LogP contribution is 2.39.